The van der Waals surface area contributed by atoms with Gasteiger partial charge in [0.2, 0.25) is 0 Å². The lowest BCUT2D eigenvalue weighted by Crippen LogP contribution is -2.44. The van der Waals surface area contributed by atoms with E-state index in [4.69, 9.17) is 0 Å². The Balaban J connectivity index is 2.08. The van der Waals surface area contributed by atoms with Crippen molar-refractivity contribution in [3.05, 3.63) is 0 Å². The van der Waals surface area contributed by atoms with Crippen LogP contribution < -0.4 is 5.32 Å². The molecule has 2 fully saturated rings. The highest BCUT2D eigenvalue weighted by atomic mass is 15.0. The summed E-state index contributed by atoms with van der Waals surface area (Å²) in [6.07, 6.45) is 4.35. The molecule has 1 heterocycles. The fraction of sp³-hybridized carbons (Fsp3) is 1.00. The van der Waals surface area contributed by atoms with Gasteiger partial charge in [-0.3, -0.25) is 0 Å². The van der Waals surface area contributed by atoms with Gasteiger partial charge in [0.15, 0.2) is 0 Å². The van der Waals surface area contributed by atoms with Crippen LogP contribution in [0.25, 0.3) is 0 Å². The third kappa shape index (κ3) is 1.20. The zero-order valence-electron chi connectivity index (χ0n) is 7.85. The van der Waals surface area contributed by atoms with E-state index in [9.17, 15) is 0 Å². The van der Waals surface area contributed by atoms with Crippen LogP contribution in [-0.4, -0.2) is 12.1 Å². The van der Waals surface area contributed by atoms with Crippen LogP contribution in [0.1, 0.15) is 40.0 Å². The zero-order valence-corrected chi connectivity index (χ0v) is 7.85. The quantitative estimate of drug-likeness (QED) is 0.562. The molecule has 2 bridgehead atoms. The van der Waals surface area contributed by atoms with Gasteiger partial charge in [-0.2, -0.15) is 0 Å². The maximum Gasteiger partial charge on any atom is 0.0147 e. The molecular formula is C10H19N. The van der Waals surface area contributed by atoms with Gasteiger partial charge in [-0.15, -0.1) is 0 Å². The maximum atomic E-state index is 3.73. The molecule has 1 N–H and O–H groups in total. The SMILES string of the molecule is CC(C)(C)[C@H]1N[C@@H]2CC[C@H]1C2. The second-order valence-corrected chi connectivity index (χ2v) is 5.28. The molecule has 0 amide bonds. The zero-order chi connectivity index (χ0) is 8.06. The molecule has 64 valence electrons. The van der Waals surface area contributed by atoms with Gasteiger partial charge in [-0.05, 0) is 30.6 Å². The molecule has 2 rings (SSSR count). The minimum absolute atomic E-state index is 0.472. The predicted molar refractivity (Wildman–Crippen MR) is 47.5 cm³/mol. The first kappa shape index (κ1) is 7.60. The molecule has 2 aliphatic rings. The van der Waals surface area contributed by atoms with Crippen LogP contribution in [0.2, 0.25) is 0 Å². The van der Waals surface area contributed by atoms with Crippen LogP contribution in [0.5, 0.6) is 0 Å². The van der Waals surface area contributed by atoms with Crippen molar-refractivity contribution in [2.45, 2.75) is 52.1 Å². The van der Waals surface area contributed by atoms with Gasteiger partial charge < -0.3 is 5.32 Å². The van der Waals surface area contributed by atoms with Crippen LogP contribution in [0.4, 0.5) is 0 Å². The number of piperidine rings is 1. The van der Waals surface area contributed by atoms with Crippen LogP contribution in [0, 0.1) is 11.3 Å². The first-order valence-corrected chi connectivity index (χ1v) is 4.83. The molecule has 1 aliphatic heterocycles. The summed E-state index contributed by atoms with van der Waals surface area (Å²) in [4.78, 5) is 0. The summed E-state index contributed by atoms with van der Waals surface area (Å²) in [5.74, 6) is 0.986. The minimum Gasteiger partial charge on any atom is -0.310 e. The van der Waals surface area contributed by atoms with Crippen molar-refractivity contribution in [2.75, 3.05) is 0 Å². The summed E-state index contributed by atoms with van der Waals surface area (Å²) in [6, 6.07) is 1.66. The standard InChI is InChI=1S/C10H19N/c1-10(2,3)9-7-4-5-8(6-7)11-9/h7-9,11H,4-6H2,1-3H3/t7-,8+,9-/m0/s1. The van der Waals surface area contributed by atoms with Crippen molar-refractivity contribution >= 4 is 0 Å². The van der Waals surface area contributed by atoms with Crippen LogP contribution in [0.15, 0.2) is 0 Å². The Kier molecular flexibility index (Phi) is 1.54. The lowest BCUT2D eigenvalue weighted by molar-refractivity contribution is 0.211. The van der Waals surface area contributed by atoms with Crippen LogP contribution in [0.3, 0.4) is 0 Å². The Morgan fingerprint density at radius 2 is 1.91 bits per heavy atom. The van der Waals surface area contributed by atoms with E-state index >= 15 is 0 Å². The van der Waals surface area contributed by atoms with Crippen molar-refractivity contribution in [3.63, 3.8) is 0 Å². The highest BCUT2D eigenvalue weighted by Gasteiger charge is 2.43. The summed E-state index contributed by atoms with van der Waals surface area (Å²) < 4.78 is 0. The third-order valence-electron chi connectivity index (χ3n) is 3.29. The van der Waals surface area contributed by atoms with Gasteiger partial charge in [0.05, 0.1) is 0 Å². The summed E-state index contributed by atoms with van der Waals surface area (Å²) in [6.45, 7) is 7.06. The average molecular weight is 153 g/mol. The first-order chi connectivity index (χ1) is 5.07. The summed E-state index contributed by atoms with van der Waals surface area (Å²) in [5.41, 5.74) is 0.472. The molecule has 1 aliphatic carbocycles. The number of nitrogens with one attached hydrogen (secondary N) is 1. The van der Waals surface area contributed by atoms with E-state index in [2.05, 4.69) is 26.1 Å². The number of hydrogen-bond acceptors (Lipinski definition) is 1. The molecule has 3 atom stereocenters. The van der Waals surface area contributed by atoms with Gasteiger partial charge >= 0.3 is 0 Å². The maximum absolute atomic E-state index is 3.73. The number of fused-ring (bicyclic) bond motifs is 2. The van der Waals surface area contributed by atoms with Gasteiger partial charge in [-0.25, -0.2) is 0 Å². The van der Waals surface area contributed by atoms with E-state index in [1.165, 1.54) is 19.3 Å². The predicted octanol–water partition coefficient (Wildman–Crippen LogP) is 2.17. The normalized spacial score (nSPS) is 43.4. The molecule has 1 saturated heterocycles. The van der Waals surface area contributed by atoms with E-state index in [0.717, 1.165) is 18.0 Å². The molecule has 1 nitrogen and oxygen atoms in total. The average Bonchev–Trinajstić information content (AvgIpc) is 2.42. The molecule has 0 aromatic rings. The molecule has 0 radical (unpaired) electrons. The van der Waals surface area contributed by atoms with Crippen LogP contribution >= 0.6 is 0 Å². The molecule has 1 saturated carbocycles. The fourth-order valence-corrected chi connectivity index (χ4v) is 2.82. The van der Waals surface area contributed by atoms with Crippen LogP contribution in [-0.2, 0) is 0 Å². The molecule has 0 aromatic heterocycles. The lowest BCUT2D eigenvalue weighted by atomic mass is 9.79. The van der Waals surface area contributed by atoms with Gasteiger partial charge in [0, 0.05) is 12.1 Å². The summed E-state index contributed by atoms with van der Waals surface area (Å²) in [5, 5.41) is 3.73. The van der Waals surface area contributed by atoms with E-state index in [-0.39, 0.29) is 0 Å². The fourth-order valence-electron chi connectivity index (χ4n) is 2.82. The Hall–Kier alpha value is -0.0400. The highest BCUT2D eigenvalue weighted by Crippen LogP contribution is 2.41. The summed E-state index contributed by atoms with van der Waals surface area (Å²) in [7, 11) is 0. The Morgan fingerprint density at radius 3 is 2.18 bits per heavy atom. The van der Waals surface area contributed by atoms with Crippen molar-refractivity contribution < 1.29 is 0 Å². The van der Waals surface area contributed by atoms with Gasteiger partial charge in [0.25, 0.3) is 0 Å². The number of hydrogen-bond donors (Lipinski definition) is 1. The molecule has 1 heteroatoms. The smallest absolute Gasteiger partial charge is 0.0147 e. The van der Waals surface area contributed by atoms with Gasteiger partial charge in [-0.1, -0.05) is 20.8 Å². The minimum atomic E-state index is 0.472. The van der Waals surface area contributed by atoms with Crippen molar-refractivity contribution in [2.24, 2.45) is 11.3 Å². The van der Waals surface area contributed by atoms with E-state index in [1.54, 1.807) is 0 Å². The Morgan fingerprint density at radius 1 is 1.18 bits per heavy atom. The molecule has 0 unspecified atom stereocenters. The van der Waals surface area contributed by atoms with E-state index < -0.39 is 0 Å². The third-order valence-corrected chi connectivity index (χ3v) is 3.29. The highest BCUT2D eigenvalue weighted by molar-refractivity contribution is 5.01. The van der Waals surface area contributed by atoms with Gasteiger partial charge in [0.1, 0.15) is 0 Å². The molecule has 0 spiro atoms. The number of rotatable bonds is 0. The molecular weight excluding hydrogens is 134 g/mol. The molecule has 0 aromatic carbocycles. The Bertz CT molecular complexity index is 157. The lowest BCUT2D eigenvalue weighted by Gasteiger charge is -2.34. The molecule has 11 heavy (non-hydrogen) atoms. The topological polar surface area (TPSA) is 12.0 Å². The summed E-state index contributed by atoms with van der Waals surface area (Å²) >= 11 is 0. The monoisotopic (exact) mass is 153 g/mol. The van der Waals surface area contributed by atoms with Crippen molar-refractivity contribution in [1.29, 1.82) is 0 Å². The Labute approximate surface area is 69.6 Å². The second kappa shape index (κ2) is 2.22. The second-order valence-electron chi connectivity index (χ2n) is 5.28. The largest absolute Gasteiger partial charge is 0.310 e. The first-order valence-electron chi connectivity index (χ1n) is 4.83. The van der Waals surface area contributed by atoms with Crippen molar-refractivity contribution in [1.82, 2.24) is 5.32 Å². The van der Waals surface area contributed by atoms with E-state index in [0.29, 0.717) is 5.41 Å². The van der Waals surface area contributed by atoms with E-state index in [1.807, 2.05) is 0 Å². The van der Waals surface area contributed by atoms with Crippen molar-refractivity contribution in [3.8, 4) is 0 Å².